The monoisotopic (exact) mass is 427 g/mol. The predicted octanol–water partition coefficient (Wildman–Crippen LogP) is 4.49. The molecule has 1 aliphatic heterocycles. The minimum absolute atomic E-state index is 0.0589. The number of anilines is 1. The van der Waals surface area contributed by atoms with Crippen molar-refractivity contribution in [3.8, 4) is 0 Å². The van der Waals surface area contributed by atoms with E-state index < -0.39 is 0 Å². The molecule has 2 atom stereocenters. The number of benzene rings is 2. The number of nitrogens with zero attached hydrogens (tertiary/aromatic N) is 1. The van der Waals surface area contributed by atoms with Gasteiger partial charge in [-0.2, -0.15) is 0 Å². The van der Waals surface area contributed by atoms with Crippen LogP contribution in [0.3, 0.4) is 0 Å². The first-order chi connectivity index (χ1) is 14.3. The van der Waals surface area contributed by atoms with Crippen LogP contribution < -0.4 is 10.6 Å². The van der Waals surface area contributed by atoms with E-state index in [9.17, 15) is 9.59 Å². The number of aryl methyl sites for hydroxylation is 1. The number of hydrogen-bond donors (Lipinski definition) is 2. The van der Waals surface area contributed by atoms with Gasteiger partial charge in [0.25, 0.3) is 5.91 Å². The van der Waals surface area contributed by atoms with Crippen molar-refractivity contribution >= 4 is 29.1 Å². The lowest BCUT2D eigenvalue weighted by Crippen LogP contribution is -2.42. The number of carbonyl (C=O) groups excluding carboxylic acids is 2. The van der Waals surface area contributed by atoms with Gasteiger partial charge in [0.1, 0.15) is 0 Å². The fraction of sp³-hybridized carbons (Fsp3) is 0.417. The predicted molar refractivity (Wildman–Crippen MR) is 122 cm³/mol. The molecule has 0 aromatic heterocycles. The molecule has 2 aromatic rings. The summed E-state index contributed by atoms with van der Waals surface area (Å²) in [7, 11) is 0. The van der Waals surface area contributed by atoms with E-state index in [-0.39, 0.29) is 18.4 Å². The van der Waals surface area contributed by atoms with Crippen LogP contribution in [0.15, 0.2) is 42.5 Å². The van der Waals surface area contributed by atoms with E-state index in [0.29, 0.717) is 29.0 Å². The molecule has 3 rings (SSSR count). The lowest BCUT2D eigenvalue weighted by molar-refractivity contribution is -0.119. The van der Waals surface area contributed by atoms with Crippen LogP contribution in [0.25, 0.3) is 0 Å². The fourth-order valence-corrected chi connectivity index (χ4v) is 4.12. The summed E-state index contributed by atoms with van der Waals surface area (Å²) in [4.78, 5) is 27.2. The van der Waals surface area contributed by atoms with E-state index in [1.807, 2.05) is 42.2 Å². The van der Waals surface area contributed by atoms with Gasteiger partial charge in [0.15, 0.2) is 0 Å². The summed E-state index contributed by atoms with van der Waals surface area (Å²) >= 11 is 5.88. The molecular formula is C24H30ClN3O2. The highest BCUT2D eigenvalue weighted by molar-refractivity contribution is 6.30. The van der Waals surface area contributed by atoms with E-state index in [1.165, 1.54) is 0 Å². The standard InChI is InChI=1S/C24H30ClN3O2/c1-16-10-17(2)15-28(14-16)24(30)20-7-4-18(3)22(11-20)26-13-23(29)27-12-19-5-8-21(25)9-6-19/h4-9,11,16-17,26H,10,12-15H2,1-3H3,(H,27,29). The number of nitrogens with one attached hydrogen (secondary N) is 2. The molecule has 30 heavy (non-hydrogen) atoms. The average molecular weight is 428 g/mol. The van der Waals surface area contributed by atoms with E-state index in [2.05, 4.69) is 24.5 Å². The number of halogens is 1. The first-order valence-electron chi connectivity index (χ1n) is 10.5. The molecule has 5 nitrogen and oxygen atoms in total. The van der Waals surface area contributed by atoms with Gasteiger partial charge < -0.3 is 15.5 Å². The molecule has 2 amide bonds. The highest BCUT2D eigenvalue weighted by atomic mass is 35.5. The Balaban J connectivity index is 1.57. The molecule has 1 aliphatic rings. The van der Waals surface area contributed by atoms with Gasteiger partial charge >= 0.3 is 0 Å². The quantitative estimate of drug-likeness (QED) is 0.713. The minimum atomic E-state index is -0.111. The van der Waals surface area contributed by atoms with Crippen molar-refractivity contribution in [2.45, 2.75) is 33.7 Å². The van der Waals surface area contributed by atoms with Gasteiger partial charge in [-0.15, -0.1) is 0 Å². The third-order valence-corrected chi connectivity index (χ3v) is 5.73. The molecule has 160 valence electrons. The molecule has 2 N–H and O–H groups in total. The second-order valence-corrected chi connectivity index (χ2v) is 8.88. The Morgan fingerprint density at radius 2 is 1.73 bits per heavy atom. The Hall–Kier alpha value is -2.53. The fourth-order valence-electron chi connectivity index (χ4n) is 4.00. The Kier molecular flexibility index (Phi) is 7.38. The second-order valence-electron chi connectivity index (χ2n) is 8.44. The van der Waals surface area contributed by atoms with Gasteiger partial charge in [-0.25, -0.2) is 0 Å². The molecule has 0 bridgehead atoms. The zero-order chi connectivity index (χ0) is 21.7. The maximum absolute atomic E-state index is 13.0. The number of amides is 2. The zero-order valence-electron chi connectivity index (χ0n) is 17.9. The number of piperidine rings is 1. The summed E-state index contributed by atoms with van der Waals surface area (Å²) in [5.41, 5.74) is 3.45. The third-order valence-electron chi connectivity index (χ3n) is 5.48. The number of carbonyl (C=O) groups is 2. The van der Waals surface area contributed by atoms with Gasteiger partial charge in [-0.05, 0) is 60.6 Å². The summed E-state index contributed by atoms with van der Waals surface area (Å²) < 4.78 is 0. The Bertz CT molecular complexity index is 888. The first-order valence-corrected chi connectivity index (χ1v) is 10.8. The van der Waals surface area contributed by atoms with Crippen molar-refractivity contribution in [3.05, 3.63) is 64.2 Å². The maximum Gasteiger partial charge on any atom is 0.253 e. The molecule has 1 fully saturated rings. The van der Waals surface area contributed by atoms with Crippen molar-refractivity contribution in [2.24, 2.45) is 11.8 Å². The molecule has 0 aliphatic carbocycles. The summed E-state index contributed by atoms with van der Waals surface area (Å²) in [6, 6.07) is 13.0. The Morgan fingerprint density at radius 1 is 1.07 bits per heavy atom. The largest absolute Gasteiger partial charge is 0.376 e. The molecule has 2 unspecified atom stereocenters. The van der Waals surface area contributed by atoms with Crippen LogP contribution in [0.1, 0.15) is 41.8 Å². The van der Waals surface area contributed by atoms with Crippen LogP contribution in [0.4, 0.5) is 5.69 Å². The van der Waals surface area contributed by atoms with Crippen molar-refractivity contribution in [1.82, 2.24) is 10.2 Å². The van der Waals surface area contributed by atoms with Crippen molar-refractivity contribution in [3.63, 3.8) is 0 Å². The number of rotatable bonds is 6. The molecule has 6 heteroatoms. The number of likely N-dealkylation sites (tertiary alicyclic amines) is 1. The molecule has 0 radical (unpaired) electrons. The van der Waals surface area contributed by atoms with Gasteiger partial charge in [0, 0.05) is 35.9 Å². The van der Waals surface area contributed by atoms with Crippen molar-refractivity contribution in [2.75, 3.05) is 25.0 Å². The molecule has 0 saturated carbocycles. The van der Waals surface area contributed by atoms with E-state index >= 15 is 0 Å². The maximum atomic E-state index is 13.0. The smallest absolute Gasteiger partial charge is 0.253 e. The average Bonchev–Trinajstić information content (AvgIpc) is 2.71. The molecule has 1 heterocycles. The molecule has 1 saturated heterocycles. The van der Waals surface area contributed by atoms with Gasteiger partial charge in [0.05, 0.1) is 6.54 Å². The van der Waals surface area contributed by atoms with Crippen LogP contribution in [0.5, 0.6) is 0 Å². The van der Waals surface area contributed by atoms with Crippen LogP contribution in [-0.2, 0) is 11.3 Å². The summed E-state index contributed by atoms with van der Waals surface area (Å²) in [5.74, 6) is 0.985. The van der Waals surface area contributed by atoms with Crippen LogP contribution in [0, 0.1) is 18.8 Å². The summed E-state index contributed by atoms with van der Waals surface area (Å²) in [5, 5.41) is 6.73. The Labute approximate surface area is 183 Å². The van der Waals surface area contributed by atoms with Crippen LogP contribution in [0.2, 0.25) is 5.02 Å². The van der Waals surface area contributed by atoms with Crippen molar-refractivity contribution < 1.29 is 9.59 Å². The lowest BCUT2D eigenvalue weighted by Gasteiger charge is -2.35. The first kappa shape index (κ1) is 22.2. The van der Waals surface area contributed by atoms with Crippen molar-refractivity contribution in [1.29, 1.82) is 0 Å². The van der Waals surface area contributed by atoms with E-state index in [1.54, 1.807) is 12.1 Å². The third kappa shape index (κ3) is 5.99. The van der Waals surface area contributed by atoms with Gasteiger partial charge in [0.2, 0.25) is 5.91 Å². The van der Waals surface area contributed by atoms with Gasteiger partial charge in [-0.1, -0.05) is 43.6 Å². The van der Waals surface area contributed by atoms with E-state index in [4.69, 9.17) is 11.6 Å². The van der Waals surface area contributed by atoms with Crippen LogP contribution >= 0.6 is 11.6 Å². The highest BCUT2D eigenvalue weighted by Crippen LogP contribution is 2.24. The topological polar surface area (TPSA) is 61.4 Å². The molecule has 2 aromatic carbocycles. The van der Waals surface area contributed by atoms with E-state index in [0.717, 1.165) is 36.3 Å². The molecular weight excluding hydrogens is 398 g/mol. The SMILES string of the molecule is Cc1ccc(C(=O)N2CC(C)CC(C)C2)cc1NCC(=O)NCc1ccc(Cl)cc1. The zero-order valence-corrected chi connectivity index (χ0v) is 18.6. The Morgan fingerprint density at radius 3 is 2.40 bits per heavy atom. The lowest BCUT2D eigenvalue weighted by atomic mass is 9.91. The number of hydrogen-bond acceptors (Lipinski definition) is 3. The van der Waals surface area contributed by atoms with Gasteiger partial charge in [-0.3, -0.25) is 9.59 Å². The molecule has 0 spiro atoms. The summed E-state index contributed by atoms with van der Waals surface area (Å²) in [6.45, 7) is 8.54. The normalized spacial score (nSPS) is 18.7. The highest BCUT2D eigenvalue weighted by Gasteiger charge is 2.26. The summed E-state index contributed by atoms with van der Waals surface area (Å²) in [6.07, 6.45) is 1.16. The minimum Gasteiger partial charge on any atom is -0.376 e. The van der Waals surface area contributed by atoms with Crippen LogP contribution in [-0.4, -0.2) is 36.3 Å². The second kappa shape index (κ2) is 9.98.